The van der Waals surface area contributed by atoms with Crippen molar-refractivity contribution < 1.29 is 0 Å². The third-order valence-corrected chi connectivity index (χ3v) is 4.58. The average molecular weight is 317 g/mol. The van der Waals surface area contributed by atoms with Crippen molar-refractivity contribution in [3.63, 3.8) is 0 Å². The highest BCUT2D eigenvalue weighted by atomic mass is 35.5. The van der Waals surface area contributed by atoms with Crippen molar-refractivity contribution in [2.75, 3.05) is 0 Å². The standard InChI is InChI=1S/C17H14Cl2N2/c18-16-6-4-13(5-7-16)9-14-3-1-2-8-17(14,19)15-10-20-12-21-11-15/h1-8,10-12,14H,9H2. The molecule has 1 heterocycles. The Bertz CT molecular complexity index is 665. The quantitative estimate of drug-likeness (QED) is 0.776. The summed E-state index contributed by atoms with van der Waals surface area (Å²) in [5.74, 6) is 0.136. The summed E-state index contributed by atoms with van der Waals surface area (Å²) < 4.78 is 0. The van der Waals surface area contributed by atoms with Gasteiger partial charge in [0, 0.05) is 28.9 Å². The molecule has 21 heavy (non-hydrogen) atoms. The first-order valence-corrected chi connectivity index (χ1v) is 7.49. The van der Waals surface area contributed by atoms with Crippen molar-refractivity contribution in [2.45, 2.75) is 11.3 Å². The van der Waals surface area contributed by atoms with E-state index in [0.717, 1.165) is 17.0 Å². The predicted octanol–water partition coefficient (Wildman–Crippen LogP) is 4.55. The molecule has 0 saturated carbocycles. The minimum Gasteiger partial charge on any atom is -0.244 e. The zero-order chi connectivity index (χ0) is 14.7. The summed E-state index contributed by atoms with van der Waals surface area (Å²) in [6, 6.07) is 7.88. The first-order chi connectivity index (χ1) is 10.2. The number of aromatic nitrogens is 2. The lowest BCUT2D eigenvalue weighted by Crippen LogP contribution is -2.29. The number of alkyl halides is 1. The van der Waals surface area contributed by atoms with Crippen LogP contribution in [-0.4, -0.2) is 9.97 Å². The van der Waals surface area contributed by atoms with E-state index in [-0.39, 0.29) is 5.92 Å². The van der Waals surface area contributed by atoms with Gasteiger partial charge in [-0.05, 0) is 24.1 Å². The smallest absolute Gasteiger partial charge is 0.115 e. The molecule has 2 unspecified atom stereocenters. The zero-order valence-corrected chi connectivity index (χ0v) is 12.8. The Morgan fingerprint density at radius 3 is 2.48 bits per heavy atom. The van der Waals surface area contributed by atoms with Crippen molar-refractivity contribution in [3.8, 4) is 0 Å². The van der Waals surface area contributed by atoms with E-state index < -0.39 is 4.87 Å². The molecule has 3 rings (SSSR count). The average Bonchev–Trinajstić information content (AvgIpc) is 2.53. The van der Waals surface area contributed by atoms with Crippen LogP contribution in [0.2, 0.25) is 5.02 Å². The van der Waals surface area contributed by atoms with Crippen molar-refractivity contribution in [3.05, 3.63) is 83.4 Å². The van der Waals surface area contributed by atoms with Crippen molar-refractivity contribution >= 4 is 23.2 Å². The molecule has 0 bridgehead atoms. The fraction of sp³-hybridized carbons (Fsp3) is 0.176. The van der Waals surface area contributed by atoms with Gasteiger partial charge in [0.1, 0.15) is 6.33 Å². The minimum absolute atomic E-state index is 0.136. The van der Waals surface area contributed by atoms with Gasteiger partial charge in [-0.2, -0.15) is 0 Å². The highest BCUT2D eigenvalue weighted by Crippen LogP contribution is 2.42. The lowest BCUT2D eigenvalue weighted by molar-refractivity contribution is 0.517. The van der Waals surface area contributed by atoms with Gasteiger partial charge in [0.15, 0.2) is 0 Å². The van der Waals surface area contributed by atoms with E-state index in [1.807, 2.05) is 42.5 Å². The molecule has 0 fully saturated rings. The number of nitrogens with zero attached hydrogens (tertiary/aromatic N) is 2. The van der Waals surface area contributed by atoms with Crippen LogP contribution in [-0.2, 0) is 11.3 Å². The Hall–Kier alpha value is -1.64. The first kappa shape index (κ1) is 14.3. The van der Waals surface area contributed by atoms with Crippen LogP contribution in [0.15, 0.2) is 67.3 Å². The molecule has 0 saturated heterocycles. The van der Waals surface area contributed by atoms with E-state index in [0.29, 0.717) is 0 Å². The zero-order valence-electron chi connectivity index (χ0n) is 11.3. The Morgan fingerprint density at radius 1 is 1.05 bits per heavy atom. The molecule has 1 aliphatic rings. The van der Waals surface area contributed by atoms with Crippen LogP contribution in [0, 0.1) is 5.92 Å². The van der Waals surface area contributed by atoms with E-state index in [2.05, 4.69) is 16.0 Å². The van der Waals surface area contributed by atoms with Gasteiger partial charge in [-0.15, -0.1) is 11.6 Å². The van der Waals surface area contributed by atoms with Gasteiger partial charge >= 0.3 is 0 Å². The van der Waals surface area contributed by atoms with Crippen molar-refractivity contribution in [2.24, 2.45) is 5.92 Å². The molecular weight excluding hydrogens is 303 g/mol. The van der Waals surface area contributed by atoms with E-state index in [4.69, 9.17) is 23.2 Å². The molecule has 1 aliphatic carbocycles. The summed E-state index contributed by atoms with van der Waals surface area (Å²) in [7, 11) is 0. The van der Waals surface area contributed by atoms with E-state index in [1.54, 1.807) is 12.4 Å². The van der Waals surface area contributed by atoms with Crippen LogP contribution in [0.25, 0.3) is 0 Å². The molecule has 2 atom stereocenters. The van der Waals surface area contributed by atoms with Gasteiger partial charge in [0.05, 0.1) is 4.87 Å². The van der Waals surface area contributed by atoms with Gasteiger partial charge in [-0.25, -0.2) is 9.97 Å². The summed E-state index contributed by atoms with van der Waals surface area (Å²) >= 11 is 12.8. The van der Waals surface area contributed by atoms with Crippen LogP contribution in [0.3, 0.4) is 0 Å². The van der Waals surface area contributed by atoms with E-state index in [1.165, 1.54) is 11.9 Å². The Labute approximate surface area is 134 Å². The number of benzene rings is 1. The van der Waals surface area contributed by atoms with Crippen LogP contribution >= 0.6 is 23.2 Å². The molecule has 0 aliphatic heterocycles. The van der Waals surface area contributed by atoms with Gasteiger partial charge in [0.2, 0.25) is 0 Å². The van der Waals surface area contributed by atoms with Crippen molar-refractivity contribution in [1.82, 2.24) is 9.97 Å². The lowest BCUT2D eigenvalue weighted by Gasteiger charge is -2.33. The fourth-order valence-electron chi connectivity index (χ4n) is 2.56. The topological polar surface area (TPSA) is 25.8 Å². The van der Waals surface area contributed by atoms with Crippen LogP contribution in [0.5, 0.6) is 0 Å². The number of hydrogen-bond acceptors (Lipinski definition) is 2. The second-order valence-corrected chi connectivity index (χ2v) is 6.14. The third kappa shape index (κ3) is 3.02. The highest BCUT2D eigenvalue weighted by molar-refractivity contribution is 6.30. The molecule has 2 aromatic rings. The maximum atomic E-state index is 6.90. The molecule has 0 N–H and O–H groups in total. The summed E-state index contributed by atoms with van der Waals surface area (Å²) in [4.78, 5) is 7.56. The Morgan fingerprint density at radius 2 is 1.76 bits per heavy atom. The number of halogens is 2. The highest BCUT2D eigenvalue weighted by Gasteiger charge is 2.36. The normalized spacial score (nSPS) is 24.2. The van der Waals surface area contributed by atoms with E-state index >= 15 is 0 Å². The summed E-state index contributed by atoms with van der Waals surface area (Å²) in [6.45, 7) is 0. The molecular formula is C17H14Cl2N2. The van der Waals surface area contributed by atoms with Gasteiger partial charge < -0.3 is 0 Å². The molecule has 0 amide bonds. The molecule has 2 nitrogen and oxygen atoms in total. The predicted molar refractivity (Wildman–Crippen MR) is 86.5 cm³/mol. The minimum atomic E-state index is -0.615. The summed E-state index contributed by atoms with van der Waals surface area (Å²) in [5.41, 5.74) is 2.11. The first-order valence-electron chi connectivity index (χ1n) is 6.73. The second kappa shape index (κ2) is 6.00. The molecule has 4 heteroatoms. The number of allylic oxidation sites excluding steroid dienone is 4. The molecule has 1 aromatic heterocycles. The van der Waals surface area contributed by atoms with Gasteiger partial charge in [0.25, 0.3) is 0 Å². The third-order valence-electron chi connectivity index (χ3n) is 3.70. The molecule has 106 valence electrons. The van der Waals surface area contributed by atoms with Crippen LogP contribution in [0.1, 0.15) is 11.1 Å². The molecule has 0 spiro atoms. The number of rotatable bonds is 3. The van der Waals surface area contributed by atoms with Crippen LogP contribution in [0.4, 0.5) is 0 Å². The maximum absolute atomic E-state index is 6.90. The Balaban J connectivity index is 1.90. The summed E-state index contributed by atoms with van der Waals surface area (Å²) in [5, 5.41) is 0.742. The van der Waals surface area contributed by atoms with Crippen molar-refractivity contribution in [1.29, 1.82) is 0 Å². The lowest BCUT2D eigenvalue weighted by atomic mass is 9.79. The largest absolute Gasteiger partial charge is 0.244 e. The summed E-state index contributed by atoms with van der Waals surface area (Å²) in [6.07, 6.45) is 14.0. The SMILES string of the molecule is Clc1ccc(CC2C=CC=CC2(Cl)c2cncnc2)cc1. The fourth-order valence-corrected chi connectivity index (χ4v) is 3.00. The van der Waals surface area contributed by atoms with Crippen LogP contribution < -0.4 is 0 Å². The second-order valence-electron chi connectivity index (χ2n) is 5.08. The molecule has 0 radical (unpaired) electrons. The van der Waals surface area contributed by atoms with E-state index in [9.17, 15) is 0 Å². The Kier molecular flexibility index (Phi) is 4.09. The van der Waals surface area contributed by atoms with Gasteiger partial charge in [-0.1, -0.05) is 48.0 Å². The molecule has 1 aromatic carbocycles. The van der Waals surface area contributed by atoms with Gasteiger partial charge in [-0.3, -0.25) is 0 Å². The monoisotopic (exact) mass is 316 g/mol. The maximum Gasteiger partial charge on any atom is 0.115 e. The number of hydrogen-bond donors (Lipinski definition) is 0.